The average molecular weight is 869 g/mol. The number of ether oxygens (including phenoxy) is 3. The van der Waals surface area contributed by atoms with Gasteiger partial charge in [-0.05, 0) is 118 Å². The number of carbonyl (C=O) groups excluding carboxylic acids is 2. The van der Waals surface area contributed by atoms with Gasteiger partial charge in [0.05, 0.1) is 40.7 Å². The molecule has 318 valence electrons. The summed E-state index contributed by atoms with van der Waals surface area (Å²) in [6.45, 7) is 17.3. The third-order valence-corrected chi connectivity index (χ3v) is 14.0. The van der Waals surface area contributed by atoms with Crippen molar-refractivity contribution in [3.8, 4) is 6.01 Å². The van der Waals surface area contributed by atoms with Crippen LogP contribution in [0.25, 0.3) is 20.7 Å². The van der Waals surface area contributed by atoms with Crippen LogP contribution in [0.3, 0.4) is 0 Å². The Morgan fingerprint density at radius 1 is 0.712 bits per heavy atom. The summed E-state index contributed by atoms with van der Waals surface area (Å²) < 4.78 is 17.6. The molecule has 0 saturated carbocycles. The molecule has 0 N–H and O–H groups in total. The van der Waals surface area contributed by atoms with Gasteiger partial charge in [0, 0.05) is 26.2 Å². The molecule has 10 heterocycles. The summed E-state index contributed by atoms with van der Waals surface area (Å²) in [6, 6.07) is 0.922. The van der Waals surface area contributed by atoms with E-state index in [0.29, 0.717) is 25.7 Å². The number of hydrogen-bond donors (Lipinski definition) is 0. The Morgan fingerprint density at radius 2 is 1.17 bits per heavy atom. The maximum atomic E-state index is 12.9. The van der Waals surface area contributed by atoms with Crippen LogP contribution in [0.5, 0.6) is 6.01 Å². The van der Waals surface area contributed by atoms with Crippen molar-refractivity contribution in [3.05, 3.63) is 16.3 Å². The number of rotatable bonds is 5. The van der Waals surface area contributed by atoms with Gasteiger partial charge in [-0.1, -0.05) is 0 Å². The minimum absolute atomic E-state index is 0.117. The van der Waals surface area contributed by atoms with Crippen molar-refractivity contribution in [2.45, 2.75) is 134 Å². The molecule has 0 aliphatic carbocycles. The molecule has 4 aromatic rings. The van der Waals surface area contributed by atoms with Crippen molar-refractivity contribution < 1.29 is 23.8 Å². The van der Waals surface area contributed by atoms with E-state index in [-0.39, 0.29) is 47.2 Å². The fourth-order valence-corrected chi connectivity index (χ4v) is 11.5. The quantitative estimate of drug-likeness (QED) is 0.189. The van der Waals surface area contributed by atoms with Crippen molar-refractivity contribution in [1.82, 2.24) is 44.6 Å². The van der Waals surface area contributed by atoms with Gasteiger partial charge in [-0.15, -0.1) is 22.7 Å². The molecule has 10 rings (SSSR count). The smallest absolute Gasteiger partial charge is 0.410 e. The van der Waals surface area contributed by atoms with Crippen LogP contribution in [0.15, 0.2) is 11.0 Å². The van der Waals surface area contributed by atoms with E-state index in [1.807, 2.05) is 56.9 Å². The number of fused-ring (bicyclic) bond motifs is 7. The Balaban J connectivity index is 0.000000160. The summed E-state index contributed by atoms with van der Waals surface area (Å²) in [6.07, 6.45) is 8.35. The maximum absolute atomic E-state index is 12.9. The number of halogens is 1. The zero-order valence-electron chi connectivity index (χ0n) is 34.7. The maximum Gasteiger partial charge on any atom is 0.410 e. The predicted molar refractivity (Wildman–Crippen MR) is 228 cm³/mol. The minimum Gasteiger partial charge on any atom is -0.461 e. The van der Waals surface area contributed by atoms with Gasteiger partial charge in [-0.3, -0.25) is 14.7 Å². The lowest BCUT2D eigenvalue weighted by atomic mass is 9.95. The van der Waals surface area contributed by atoms with Gasteiger partial charge in [0.2, 0.25) is 5.28 Å². The van der Waals surface area contributed by atoms with Crippen LogP contribution in [0, 0.1) is 0 Å². The van der Waals surface area contributed by atoms with Gasteiger partial charge < -0.3 is 24.0 Å². The van der Waals surface area contributed by atoms with E-state index in [9.17, 15) is 9.59 Å². The molecule has 0 radical (unpaired) electrons. The molecule has 6 fully saturated rings. The number of carbonyl (C=O) groups is 2. The van der Waals surface area contributed by atoms with E-state index in [0.717, 1.165) is 71.1 Å². The molecule has 16 nitrogen and oxygen atoms in total. The minimum atomic E-state index is -0.493. The van der Waals surface area contributed by atoms with E-state index in [4.69, 9.17) is 35.8 Å². The highest BCUT2D eigenvalue weighted by atomic mass is 35.5. The molecule has 2 amide bonds. The van der Waals surface area contributed by atoms with E-state index in [1.54, 1.807) is 5.51 Å². The Hall–Kier alpha value is -3.87. The fraction of sp³-hybridized carbons (Fsp3) is 0.700. The first-order chi connectivity index (χ1) is 28.1. The Bertz CT molecular complexity index is 2170. The van der Waals surface area contributed by atoms with Gasteiger partial charge >= 0.3 is 18.2 Å². The highest BCUT2D eigenvalue weighted by Gasteiger charge is 2.48. The Labute approximate surface area is 357 Å². The topological polar surface area (TPSA) is 155 Å². The fourth-order valence-electron chi connectivity index (χ4n) is 9.99. The van der Waals surface area contributed by atoms with Crippen LogP contribution in [0.2, 0.25) is 5.28 Å². The van der Waals surface area contributed by atoms with Crippen molar-refractivity contribution in [1.29, 1.82) is 0 Å². The number of piperazine rings is 2. The molecule has 6 aliphatic heterocycles. The van der Waals surface area contributed by atoms with E-state index < -0.39 is 11.2 Å². The first-order valence-corrected chi connectivity index (χ1v) is 23.1. The Morgan fingerprint density at radius 3 is 1.64 bits per heavy atom. The molecule has 4 atom stereocenters. The number of thiazole rings is 2. The van der Waals surface area contributed by atoms with Crippen molar-refractivity contribution in [2.75, 3.05) is 55.7 Å². The number of hydrogen-bond acceptors (Lipinski definition) is 16. The molecule has 0 aromatic carbocycles. The van der Waals surface area contributed by atoms with Crippen LogP contribution in [0.1, 0.15) is 92.9 Å². The van der Waals surface area contributed by atoms with E-state index >= 15 is 0 Å². The standard InChI is InChI=1S/C24H34N6O3S.C16H20ClN5O2S/c1-23(2,3)33-22(31)30-16-6-7-17(30)13-28(12-16)19-18-20(34-15-25-18)27-21(26-19)32-14-24-8-4-10-29(24)11-5-9-24;1-16(2,3)24-15(23)22-9-4-5-10(22)7-21(6-9)12-11-13(25-8-18-11)20-14(17)19-12/h15-17H,4-14H2,1-3H3;8-10H,4-7H2,1-3H3. The third-order valence-electron chi connectivity index (χ3n) is 12.4. The van der Waals surface area contributed by atoms with Crippen molar-refractivity contribution in [3.63, 3.8) is 0 Å². The first kappa shape index (κ1) is 40.5. The summed E-state index contributed by atoms with van der Waals surface area (Å²) in [4.78, 5) is 65.2. The molecule has 0 spiro atoms. The van der Waals surface area contributed by atoms with Gasteiger partial charge in [-0.25, -0.2) is 24.5 Å². The summed E-state index contributed by atoms with van der Waals surface area (Å²) >= 11 is 9.06. The molecule has 6 saturated heterocycles. The number of amides is 2. The molecule has 4 unspecified atom stereocenters. The second-order valence-corrected chi connectivity index (χ2v) is 20.7. The van der Waals surface area contributed by atoms with Crippen LogP contribution < -0.4 is 14.5 Å². The van der Waals surface area contributed by atoms with Crippen LogP contribution in [-0.4, -0.2) is 144 Å². The third kappa shape index (κ3) is 8.18. The van der Waals surface area contributed by atoms with E-state index in [1.165, 1.54) is 61.4 Å². The number of aromatic nitrogens is 6. The van der Waals surface area contributed by atoms with Gasteiger partial charge in [0.25, 0.3) is 0 Å². The average Bonchev–Trinajstić information content (AvgIpc) is 4.01. The number of nitrogens with zero attached hydrogens (tertiary/aromatic N) is 11. The summed E-state index contributed by atoms with van der Waals surface area (Å²) in [5.41, 5.74) is 4.36. The van der Waals surface area contributed by atoms with Crippen LogP contribution in [-0.2, 0) is 9.47 Å². The van der Waals surface area contributed by atoms with Gasteiger partial charge in [0.15, 0.2) is 21.3 Å². The highest BCUT2D eigenvalue weighted by molar-refractivity contribution is 7.16. The van der Waals surface area contributed by atoms with Gasteiger partial charge in [0.1, 0.15) is 28.8 Å². The molecule has 19 heteroatoms. The lowest BCUT2D eigenvalue weighted by Gasteiger charge is -2.41. The van der Waals surface area contributed by atoms with Crippen molar-refractivity contribution in [2.24, 2.45) is 0 Å². The summed E-state index contributed by atoms with van der Waals surface area (Å²) in [5, 5.41) is 0.230. The second kappa shape index (κ2) is 15.5. The highest BCUT2D eigenvalue weighted by Crippen LogP contribution is 2.41. The lowest BCUT2D eigenvalue weighted by molar-refractivity contribution is 0.0111. The molecular weight excluding hydrogens is 814 g/mol. The predicted octanol–water partition coefficient (Wildman–Crippen LogP) is 7.01. The molecular formula is C40H54ClN11O5S2. The normalized spacial score (nSPS) is 25.1. The summed E-state index contributed by atoms with van der Waals surface area (Å²) in [7, 11) is 0. The second-order valence-electron chi connectivity index (χ2n) is 18.7. The number of anilines is 2. The Kier molecular flexibility index (Phi) is 10.7. The van der Waals surface area contributed by atoms with Gasteiger partial charge in [-0.2, -0.15) is 15.0 Å². The molecule has 4 bridgehead atoms. The summed E-state index contributed by atoms with van der Waals surface area (Å²) in [5.74, 6) is 1.59. The molecule has 59 heavy (non-hydrogen) atoms. The largest absolute Gasteiger partial charge is 0.461 e. The monoisotopic (exact) mass is 867 g/mol. The van der Waals surface area contributed by atoms with Crippen LogP contribution >= 0.6 is 34.3 Å². The van der Waals surface area contributed by atoms with E-state index in [2.05, 4.69) is 34.6 Å². The zero-order chi connectivity index (χ0) is 41.3. The lowest BCUT2D eigenvalue weighted by Crippen LogP contribution is -2.57. The van der Waals surface area contributed by atoms with Crippen molar-refractivity contribution >= 4 is 78.8 Å². The molecule has 6 aliphatic rings. The zero-order valence-corrected chi connectivity index (χ0v) is 37.1. The van der Waals surface area contributed by atoms with Crippen LogP contribution in [0.4, 0.5) is 21.2 Å². The SMILES string of the molecule is CC(C)(C)OC(=O)N1C2CCC1CN(c1nc(Cl)nc3scnc13)C2.CC(C)(C)OC(=O)N1C2CCC1CN(c1nc(OCC34CCCN3CCC4)nc3scnc13)C2. The first-order valence-electron chi connectivity index (χ1n) is 20.9. The molecule has 4 aromatic heterocycles.